The van der Waals surface area contributed by atoms with Gasteiger partial charge in [-0.25, -0.2) is 4.98 Å². The Morgan fingerprint density at radius 2 is 1.94 bits per heavy atom. The van der Waals surface area contributed by atoms with Crippen LogP contribution in [-0.4, -0.2) is 11.1 Å². The topological polar surface area (TPSA) is 22.1 Å². The van der Waals surface area contributed by atoms with E-state index >= 15 is 0 Å². The van der Waals surface area contributed by atoms with Crippen molar-refractivity contribution in [3.8, 4) is 5.88 Å². The van der Waals surface area contributed by atoms with Crippen molar-refractivity contribution in [3.05, 3.63) is 22.3 Å². The van der Waals surface area contributed by atoms with Crippen LogP contribution in [0.2, 0.25) is 0 Å². The highest BCUT2D eigenvalue weighted by Crippen LogP contribution is 2.24. The van der Waals surface area contributed by atoms with Crippen LogP contribution in [0.5, 0.6) is 5.88 Å². The fraction of sp³-hybridized carbons (Fsp3) is 0.615. The van der Waals surface area contributed by atoms with Gasteiger partial charge < -0.3 is 4.74 Å². The molecule has 1 aromatic heterocycles. The predicted molar refractivity (Wildman–Crippen MR) is 68.8 cm³/mol. The molecule has 88 valence electrons. The van der Waals surface area contributed by atoms with Gasteiger partial charge in [0, 0.05) is 16.7 Å². The second-order valence-electron chi connectivity index (χ2n) is 4.50. The van der Waals surface area contributed by atoms with Crippen molar-refractivity contribution < 1.29 is 4.74 Å². The first-order valence-corrected chi connectivity index (χ1v) is 6.84. The molecule has 1 aliphatic carbocycles. The molecule has 0 unspecified atom stereocenters. The molecule has 2 rings (SSSR count). The third-order valence-electron chi connectivity index (χ3n) is 3.11. The van der Waals surface area contributed by atoms with Gasteiger partial charge in [0.25, 0.3) is 0 Å². The van der Waals surface area contributed by atoms with Crippen LogP contribution in [0.3, 0.4) is 0 Å². The average Bonchev–Trinajstić information content (AvgIpc) is 2.52. The molecule has 16 heavy (non-hydrogen) atoms. The maximum Gasteiger partial charge on any atom is 0.213 e. The average molecular weight is 284 g/mol. The Kier molecular flexibility index (Phi) is 4.22. The standard InChI is InChI=1S/C13H18BrNO/c1-10-8-13(15-9-12(10)14)16-11-6-4-2-3-5-7-11/h8-9,11H,2-7H2,1H3. The Balaban J connectivity index is 1.99. The zero-order valence-corrected chi connectivity index (χ0v) is 11.3. The minimum absolute atomic E-state index is 0.371. The molecule has 1 fully saturated rings. The molecule has 0 saturated heterocycles. The predicted octanol–water partition coefficient (Wildman–Crippen LogP) is 4.25. The van der Waals surface area contributed by atoms with Gasteiger partial charge in [-0.2, -0.15) is 0 Å². The number of rotatable bonds is 2. The number of aromatic nitrogens is 1. The van der Waals surface area contributed by atoms with Crippen LogP contribution in [0.15, 0.2) is 16.7 Å². The molecule has 0 spiro atoms. The highest BCUT2D eigenvalue weighted by Gasteiger charge is 2.14. The van der Waals surface area contributed by atoms with Crippen molar-refractivity contribution >= 4 is 15.9 Å². The first kappa shape index (κ1) is 11.9. The molecule has 0 bridgehead atoms. The van der Waals surface area contributed by atoms with Gasteiger partial charge in [-0.3, -0.25) is 0 Å². The van der Waals surface area contributed by atoms with E-state index in [-0.39, 0.29) is 0 Å². The molecular formula is C13H18BrNO. The Morgan fingerprint density at radius 1 is 1.25 bits per heavy atom. The molecule has 2 nitrogen and oxygen atoms in total. The SMILES string of the molecule is Cc1cc(OC2CCCCCC2)ncc1Br. The summed E-state index contributed by atoms with van der Waals surface area (Å²) < 4.78 is 6.98. The monoisotopic (exact) mass is 283 g/mol. The first-order chi connectivity index (χ1) is 7.75. The van der Waals surface area contributed by atoms with Crippen LogP contribution in [-0.2, 0) is 0 Å². The molecule has 0 aromatic carbocycles. The Hall–Kier alpha value is -0.570. The van der Waals surface area contributed by atoms with E-state index in [1.54, 1.807) is 0 Å². The van der Waals surface area contributed by atoms with Gasteiger partial charge in [0.1, 0.15) is 6.10 Å². The van der Waals surface area contributed by atoms with Gasteiger partial charge in [-0.05, 0) is 54.1 Å². The van der Waals surface area contributed by atoms with E-state index < -0.39 is 0 Å². The first-order valence-electron chi connectivity index (χ1n) is 6.04. The van der Waals surface area contributed by atoms with E-state index in [9.17, 15) is 0 Å². The summed E-state index contributed by atoms with van der Waals surface area (Å²) in [6.45, 7) is 2.06. The summed E-state index contributed by atoms with van der Waals surface area (Å²) in [7, 11) is 0. The van der Waals surface area contributed by atoms with Crippen molar-refractivity contribution in [2.75, 3.05) is 0 Å². The minimum atomic E-state index is 0.371. The van der Waals surface area contributed by atoms with E-state index in [0.29, 0.717) is 6.10 Å². The van der Waals surface area contributed by atoms with Crippen LogP contribution in [0.25, 0.3) is 0 Å². The summed E-state index contributed by atoms with van der Waals surface area (Å²) in [6, 6.07) is 2.01. The number of nitrogens with zero attached hydrogens (tertiary/aromatic N) is 1. The van der Waals surface area contributed by atoms with Gasteiger partial charge in [0.15, 0.2) is 0 Å². The lowest BCUT2D eigenvalue weighted by Crippen LogP contribution is -2.15. The number of pyridine rings is 1. The lowest BCUT2D eigenvalue weighted by atomic mass is 10.1. The van der Waals surface area contributed by atoms with Gasteiger partial charge in [-0.15, -0.1) is 0 Å². The summed E-state index contributed by atoms with van der Waals surface area (Å²) in [4.78, 5) is 4.29. The second-order valence-corrected chi connectivity index (χ2v) is 5.36. The number of hydrogen-bond acceptors (Lipinski definition) is 2. The van der Waals surface area contributed by atoms with Gasteiger partial charge >= 0.3 is 0 Å². The van der Waals surface area contributed by atoms with Crippen LogP contribution in [0, 0.1) is 6.92 Å². The van der Waals surface area contributed by atoms with Gasteiger partial charge in [-0.1, -0.05) is 12.8 Å². The summed E-state index contributed by atoms with van der Waals surface area (Å²) in [5.74, 6) is 0.771. The maximum atomic E-state index is 5.94. The lowest BCUT2D eigenvalue weighted by Gasteiger charge is -2.16. The van der Waals surface area contributed by atoms with Crippen molar-refractivity contribution in [1.29, 1.82) is 0 Å². The highest BCUT2D eigenvalue weighted by atomic mass is 79.9. The Bertz CT molecular complexity index is 346. The fourth-order valence-corrected chi connectivity index (χ4v) is 2.33. The number of halogens is 1. The molecule has 0 aliphatic heterocycles. The van der Waals surface area contributed by atoms with Crippen molar-refractivity contribution in [1.82, 2.24) is 4.98 Å². The van der Waals surface area contributed by atoms with E-state index in [1.165, 1.54) is 44.1 Å². The van der Waals surface area contributed by atoms with E-state index in [0.717, 1.165) is 10.4 Å². The molecule has 0 atom stereocenters. The molecule has 1 heterocycles. The van der Waals surface area contributed by atoms with Crippen molar-refractivity contribution in [2.45, 2.75) is 51.6 Å². The summed E-state index contributed by atoms with van der Waals surface area (Å²) in [6.07, 6.45) is 9.84. The molecule has 0 amide bonds. The molecular weight excluding hydrogens is 266 g/mol. The molecule has 0 N–H and O–H groups in total. The lowest BCUT2D eigenvalue weighted by molar-refractivity contribution is 0.176. The van der Waals surface area contributed by atoms with Gasteiger partial charge in [0.2, 0.25) is 5.88 Å². The molecule has 1 aromatic rings. The third kappa shape index (κ3) is 3.21. The normalized spacial score (nSPS) is 18.1. The molecule has 1 aliphatic rings. The Labute approximate surface area is 106 Å². The van der Waals surface area contributed by atoms with Crippen LogP contribution < -0.4 is 4.74 Å². The summed E-state index contributed by atoms with van der Waals surface area (Å²) in [5.41, 5.74) is 1.18. The molecule has 3 heteroatoms. The number of hydrogen-bond donors (Lipinski definition) is 0. The van der Waals surface area contributed by atoms with Crippen LogP contribution >= 0.6 is 15.9 Å². The largest absolute Gasteiger partial charge is 0.474 e. The molecule has 1 saturated carbocycles. The smallest absolute Gasteiger partial charge is 0.213 e. The van der Waals surface area contributed by atoms with Crippen LogP contribution in [0.4, 0.5) is 0 Å². The number of aryl methyl sites for hydroxylation is 1. The van der Waals surface area contributed by atoms with Crippen LogP contribution in [0.1, 0.15) is 44.1 Å². The van der Waals surface area contributed by atoms with Gasteiger partial charge in [0.05, 0.1) is 0 Å². The van der Waals surface area contributed by atoms with E-state index in [4.69, 9.17) is 4.74 Å². The Morgan fingerprint density at radius 3 is 2.56 bits per heavy atom. The summed E-state index contributed by atoms with van der Waals surface area (Å²) in [5, 5.41) is 0. The molecule has 0 radical (unpaired) electrons. The second kappa shape index (κ2) is 5.67. The third-order valence-corrected chi connectivity index (χ3v) is 3.94. The zero-order chi connectivity index (χ0) is 11.4. The quantitative estimate of drug-likeness (QED) is 0.757. The van der Waals surface area contributed by atoms with E-state index in [2.05, 4.69) is 27.8 Å². The minimum Gasteiger partial charge on any atom is -0.474 e. The highest BCUT2D eigenvalue weighted by molar-refractivity contribution is 9.10. The van der Waals surface area contributed by atoms with E-state index in [1.807, 2.05) is 12.3 Å². The van der Waals surface area contributed by atoms with Crippen molar-refractivity contribution in [3.63, 3.8) is 0 Å². The van der Waals surface area contributed by atoms with Crippen molar-refractivity contribution in [2.24, 2.45) is 0 Å². The fourth-order valence-electron chi connectivity index (χ4n) is 2.11. The summed E-state index contributed by atoms with van der Waals surface area (Å²) >= 11 is 3.45. The zero-order valence-electron chi connectivity index (χ0n) is 9.71. The maximum absolute atomic E-state index is 5.94. The number of ether oxygens (including phenoxy) is 1.